The second-order valence-corrected chi connectivity index (χ2v) is 7.95. The third-order valence-electron chi connectivity index (χ3n) is 3.71. The van der Waals surface area contributed by atoms with Gasteiger partial charge in [0.1, 0.15) is 6.26 Å². The highest BCUT2D eigenvalue weighted by Crippen LogP contribution is 2.15. The van der Waals surface area contributed by atoms with E-state index in [1.165, 1.54) is 16.3 Å². The molecule has 1 aliphatic heterocycles. The van der Waals surface area contributed by atoms with Crippen molar-refractivity contribution >= 4 is 15.9 Å². The third kappa shape index (κ3) is 3.56. The zero-order chi connectivity index (χ0) is 17.2. The van der Waals surface area contributed by atoms with Gasteiger partial charge < -0.3 is 14.1 Å². The summed E-state index contributed by atoms with van der Waals surface area (Å²) in [5.74, 6) is -0.503. The summed E-state index contributed by atoms with van der Waals surface area (Å²) in [5, 5.41) is -0.496. The topological polar surface area (TPSA) is 97.1 Å². The molecule has 1 aromatic rings. The first-order valence-electron chi connectivity index (χ1n) is 7.22. The van der Waals surface area contributed by atoms with Crippen LogP contribution in [0.3, 0.4) is 0 Å². The molecule has 0 N–H and O–H groups in total. The van der Waals surface area contributed by atoms with Crippen LogP contribution < -0.4 is 10.2 Å². The minimum absolute atomic E-state index is 0.0226. The van der Waals surface area contributed by atoms with Crippen molar-refractivity contribution in [1.29, 1.82) is 0 Å². The smallest absolute Gasteiger partial charge is 0.289 e. The lowest BCUT2D eigenvalue weighted by Crippen LogP contribution is -2.52. The molecule has 128 valence electrons. The molecule has 1 amide bonds. The number of carbonyl (C=O) groups is 1. The third-order valence-corrected chi connectivity index (χ3v) is 5.99. The molecule has 2 heterocycles. The van der Waals surface area contributed by atoms with E-state index in [2.05, 4.69) is 0 Å². The lowest BCUT2D eigenvalue weighted by atomic mass is 10.3. The second-order valence-electron chi connectivity index (χ2n) is 5.46. The Hall–Kier alpha value is -1.87. The maximum Gasteiger partial charge on any atom is 0.289 e. The number of hydrogen-bond donors (Lipinski definition) is 0. The van der Waals surface area contributed by atoms with E-state index in [1.54, 1.807) is 13.8 Å². The summed E-state index contributed by atoms with van der Waals surface area (Å²) in [6, 6.07) is 1.08. The van der Waals surface area contributed by atoms with Gasteiger partial charge in [-0.2, -0.15) is 4.31 Å². The van der Waals surface area contributed by atoms with Crippen molar-refractivity contribution in [3.8, 4) is 5.75 Å². The predicted molar refractivity (Wildman–Crippen MR) is 83.1 cm³/mol. The molecule has 0 aromatic carbocycles. The van der Waals surface area contributed by atoms with Gasteiger partial charge in [0.25, 0.3) is 5.91 Å². The van der Waals surface area contributed by atoms with Gasteiger partial charge in [-0.05, 0) is 13.8 Å². The molecule has 8 nitrogen and oxygen atoms in total. The number of ether oxygens (including phenoxy) is 1. The van der Waals surface area contributed by atoms with E-state index in [9.17, 15) is 18.0 Å². The van der Waals surface area contributed by atoms with Crippen molar-refractivity contribution in [3.63, 3.8) is 0 Å². The molecule has 1 aromatic heterocycles. The van der Waals surface area contributed by atoms with Crippen molar-refractivity contribution in [2.75, 3.05) is 33.3 Å². The van der Waals surface area contributed by atoms with Gasteiger partial charge in [0.05, 0.1) is 12.4 Å². The van der Waals surface area contributed by atoms with E-state index in [4.69, 9.17) is 9.15 Å². The monoisotopic (exact) mass is 344 g/mol. The SMILES string of the molecule is COc1coc(C(=O)N2CCN(S(=O)(=O)C(C)C)CC2)cc1=O. The number of piperazine rings is 1. The Morgan fingerprint density at radius 2 is 1.87 bits per heavy atom. The molecular formula is C14H20N2O6S. The van der Waals surface area contributed by atoms with Crippen LogP contribution in [0.25, 0.3) is 0 Å². The van der Waals surface area contributed by atoms with Gasteiger partial charge >= 0.3 is 0 Å². The molecule has 23 heavy (non-hydrogen) atoms. The van der Waals surface area contributed by atoms with E-state index >= 15 is 0 Å². The second kappa shape index (κ2) is 6.71. The number of carbonyl (C=O) groups excluding carboxylic acids is 1. The predicted octanol–water partition coefficient (Wildman–Crippen LogP) is 0.144. The Balaban J connectivity index is 2.07. The number of rotatable bonds is 4. The highest BCUT2D eigenvalue weighted by atomic mass is 32.2. The molecule has 0 saturated carbocycles. The zero-order valence-corrected chi connectivity index (χ0v) is 14.1. The zero-order valence-electron chi connectivity index (χ0n) is 13.3. The van der Waals surface area contributed by atoms with Crippen LogP contribution in [0.1, 0.15) is 24.4 Å². The average molecular weight is 344 g/mol. The normalized spacial score (nSPS) is 16.6. The summed E-state index contributed by atoms with van der Waals surface area (Å²) in [7, 11) is -1.99. The molecule has 0 aliphatic carbocycles. The Morgan fingerprint density at radius 3 is 2.35 bits per heavy atom. The van der Waals surface area contributed by atoms with Crippen molar-refractivity contribution < 1.29 is 22.4 Å². The lowest BCUT2D eigenvalue weighted by molar-refractivity contribution is 0.0662. The highest BCUT2D eigenvalue weighted by molar-refractivity contribution is 7.89. The van der Waals surface area contributed by atoms with E-state index in [1.807, 2.05) is 0 Å². The van der Waals surface area contributed by atoms with Crippen molar-refractivity contribution in [2.24, 2.45) is 0 Å². The Kier molecular flexibility index (Phi) is 5.10. The fourth-order valence-electron chi connectivity index (χ4n) is 2.26. The number of hydrogen-bond acceptors (Lipinski definition) is 6. The summed E-state index contributed by atoms with van der Waals surface area (Å²) >= 11 is 0. The van der Waals surface area contributed by atoms with Gasteiger partial charge in [-0.3, -0.25) is 9.59 Å². The molecule has 0 unspecified atom stereocenters. The summed E-state index contributed by atoms with van der Waals surface area (Å²) < 4.78 is 35.5. The van der Waals surface area contributed by atoms with Crippen molar-refractivity contribution in [1.82, 2.24) is 9.21 Å². The summed E-state index contributed by atoms with van der Waals surface area (Å²) in [4.78, 5) is 25.5. The Labute approximate surface area is 134 Å². The van der Waals surface area contributed by atoms with E-state index in [0.29, 0.717) is 0 Å². The molecule has 0 atom stereocenters. The van der Waals surface area contributed by atoms with Crippen LogP contribution in [0.4, 0.5) is 0 Å². The minimum atomic E-state index is -3.32. The maximum absolute atomic E-state index is 12.3. The van der Waals surface area contributed by atoms with Crippen LogP contribution >= 0.6 is 0 Å². The standard InChI is InChI=1S/C14H20N2O6S/c1-10(2)23(19,20)16-6-4-15(5-7-16)14(18)12-8-11(17)13(21-3)9-22-12/h8-10H,4-7H2,1-3H3. The van der Waals surface area contributed by atoms with Crippen LogP contribution in [0.15, 0.2) is 21.5 Å². The Morgan fingerprint density at radius 1 is 1.26 bits per heavy atom. The van der Waals surface area contributed by atoms with Gasteiger partial charge in [-0.25, -0.2) is 8.42 Å². The first kappa shape index (κ1) is 17.5. The average Bonchev–Trinajstić information content (AvgIpc) is 2.54. The molecule has 0 radical (unpaired) electrons. The van der Waals surface area contributed by atoms with E-state index in [-0.39, 0.29) is 37.7 Å². The molecule has 2 rings (SSSR count). The first-order valence-corrected chi connectivity index (χ1v) is 8.72. The molecule has 1 saturated heterocycles. The van der Waals surface area contributed by atoms with Gasteiger partial charge in [0, 0.05) is 32.2 Å². The molecule has 1 fully saturated rings. The van der Waals surface area contributed by atoms with Gasteiger partial charge in [-0.15, -0.1) is 0 Å². The largest absolute Gasteiger partial charge is 0.490 e. The summed E-state index contributed by atoms with van der Waals surface area (Å²) in [6.45, 7) is 4.21. The maximum atomic E-state index is 12.3. The first-order chi connectivity index (χ1) is 10.8. The van der Waals surface area contributed by atoms with Crippen LogP contribution in [0.5, 0.6) is 5.75 Å². The summed E-state index contributed by atoms with van der Waals surface area (Å²) in [5.41, 5.74) is -0.442. The van der Waals surface area contributed by atoms with E-state index in [0.717, 1.165) is 12.3 Å². The van der Waals surface area contributed by atoms with Crippen LogP contribution in [0, 0.1) is 0 Å². The van der Waals surface area contributed by atoms with Crippen molar-refractivity contribution in [2.45, 2.75) is 19.1 Å². The molecular weight excluding hydrogens is 324 g/mol. The van der Waals surface area contributed by atoms with Gasteiger partial charge in [0.15, 0.2) is 5.76 Å². The van der Waals surface area contributed by atoms with Crippen molar-refractivity contribution in [3.05, 3.63) is 28.3 Å². The lowest BCUT2D eigenvalue weighted by Gasteiger charge is -2.34. The van der Waals surface area contributed by atoms with Crippen LogP contribution in [-0.2, 0) is 10.0 Å². The number of nitrogens with zero attached hydrogens (tertiary/aromatic N) is 2. The quantitative estimate of drug-likeness (QED) is 0.771. The minimum Gasteiger partial charge on any atom is -0.490 e. The van der Waals surface area contributed by atoms with Crippen LogP contribution in [-0.4, -0.2) is 62.1 Å². The number of methoxy groups -OCH3 is 1. The fraction of sp³-hybridized carbons (Fsp3) is 0.571. The number of amides is 1. The molecule has 9 heteroatoms. The molecule has 0 bridgehead atoms. The highest BCUT2D eigenvalue weighted by Gasteiger charge is 2.31. The van der Waals surface area contributed by atoms with Gasteiger partial charge in [-0.1, -0.05) is 0 Å². The number of sulfonamides is 1. The Bertz CT molecular complexity index is 732. The van der Waals surface area contributed by atoms with E-state index < -0.39 is 26.6 Å². The fourth-order valence-corrected chi connectivity index (χ4v) is 3.53. The summed E-state index contributed by atoms with van der Waals surface area (Å²) in [6.07, 6.45) is 1.09. The van der Waals surface area contributed by atoms with Crippen LogP contribution in [0.2, 0.25) is 0 Å². The molecule has 1 aliphatic rings. The molecule has 0 spiro atoms. The van der Waals surface area contributed by atoms with Gasteiger partial charge in [0.2, 0.25) is 21.2 Å².